The average molecular weight is 449 g/mol. The fourth-order valence-corrected chi connectivity index (χ4v) is 4.59. The van der Waals surface area contributed by atoms with Crippen LogP contribution in [0.4, 0.5) is 5.69 Å². The van der Waals surface area contributed by atoms with Gasteiger partial charge in [0.1, 0.15) is 18.1 Å². The first-order chi connectivity index (χ1) is 14.6. The molecule has 0 atom stereocenters. The second kappa shape index (κ2) is 11.0. The Kier molecular flexibility index (Phi) is 8.74. The molecule has 0 saturated carbocycles. The Morgan fingerprint density at radius 3 is 2.16 bits per heavy atom. The van der Waals surface area contributed by atoms with E-state index in [-0.39, 0.29) is 18.9 Å². The summed E-state index contributed by atoms with van der Waals surface area (Å²) in [5, 5.41) is 2.80. The quantitative estimate of drug-likeness (QED) is 0.533. The molecule has 0 spiro atoms. The summed E-state index contributed by atoms with van der Waals surface area (Å²) in [6.45, 7) is 6.76. The Morgan fingerprint density at radius 2 is 1.61 bits per heavy atom. The summed E-state index contributed by atoms with van der Waals surface area (Å²) in [7, 11) is -1.86. The molecule has 0 heterocycles. The molecule has 1 amide bonds. The van der Waals surface area contributed by atoms with Gasteiger partial charge in [0.15, 0.2) is 0 Å². The zero-order valence-corrected chi connectivity index (χ0v) is 19.7. The highest BCUT2D eigenvalue weighted by Crippen LogP contribution is 2.28. The van der Waals surface area contributed by atoms with E-state index in [1.165, 1.54) is 10.6 Å². The number of nitrogens with one attached hydrogen (secondary N) is 1. The van der Waals surface area contributed by atoms with E-state index in [2.05, 4.69) is 5.32 Å². The Labute approximate surface area is 185 Å². The lowest BCUT2D eigenvalue weighted by molar-refractivity contribution is -0.121. The van der Waals surface area contributed by atoms with Crippen LogP contribution < -0.4 is 19.1 Å². The third kappa shape index (κ3) is 7.47. The topological polar surface area (TPSA) is 84.9 Å². The minimum atomic E-state index is -3.46. The zero-order chi connectivity index (χ0) is 23.0. The van der Waals surface area contributed by atoms with Gasteiger partial charge in [-0.25, -0.2) is 8.42 Å². The van der Waals surface area contributed by atoms with Crippen LogP contribution in [0.3, 0.4) is 0 Å². The molecule has 2 aromatic rings. The van der Waals surface area contributed by atoms with Gasteiger partial charge in [-0.3, -0.25) is 9.10 Å². The third-order valence-electron chi connectivity index (χ3n) is 4.80. The lowest BCUT2D eigenvalue weighted by Crippen LogP contribution is -2.33. The number of carbonyl (C=O) groups excluding carboxylic acids is 1. The molecular weight excluding hydrogens is 416 g/mol. The Morgan fingerprint density at radius 1 is 1.03 bits per heavy atom. The molecule has 170 valence electrons. The lowest BCUT2D eigenvalue weighted by Gasteiger charge is -2.26. The number of aryl methyl sites for hydroxylation is 3. The first kappa shape index (κ1) is 24.5. The number of hydrogen-bond acceptors (Lipinski definition) is 5. The van der Waals surface area contributed by atoms with Crippen LogP contribution in [0.5, 0.6) is 11.5 Å². The monoisotopic (exact) mass is 448 g/mol. The molecule has 0 aliphatic heterocycles. The van der Waals surface area contributed by atoms with Crippen molar-refractivity contribution >= 4 is 21.6 Å². The highest BCUT2D eigenvalue weighted by atomic mass is 32.2. The summed E-state index contributed by atoms with van der Waals surface area (Å²) >= 11 is 0. The SMILES string of the molecule is COc1ccc(OCCNC(=O)CCCN(c2c(C)cc(C)cc2C)S(C)(=O)=O)cc1. The summed E-state index contributed by atoms with van der Waals surface area (Å²) in [6, 6.07) is 11.1. The summed E-state index contributed by atoms with van der Waals surface area (Å²) in [4.78, 5) is 12.1. The van der Waals surface area contributed by atoms with E-state index in [4.69, 9.17) is 9.47 Å². The Hall–Kier alpha value is -2.74. The van der Waals surface area contributed by atoms with Crippen molar-refractivity contribution < 1.29 is 22.7 Å². The zero-order valence-electron chi connectivity index (χ0n) is 18.9. The maximum atomic E-state index is 12.4. The van der Waals surface area contributed by atoms with Crippen molar-refractivity contribution in [3.05, 3.63) is 53.1 Å². The van der Waals surface area contributed by atoms with Crippen LogP contribution in [0, 0.1) is 20.8 Å². The number of carbonyl (C=O) groups is 1. The molecule has 8 heteroatoms. The van der Waals surface area contributed by atoms with Crippen molar-refractivity contribution in [1.29, 1.82) is 0 Å². The van der Waals surface area contributed by atoms with Crippen LogP contribution in [0.15, 0.2) is 36.4 Å². The first-order valence-corrected chi connectivity index (χ1v) is 12.1. The molecule has 0 aliphatic rings. The van der Waals surface area contributed by atoms with Gasteiger partial charge in [0.05, 0.1) is 25.6 Å². The number of ether oxygens (including phenoxy) is 2. The molecule has 7 nitrogen and oxygen atoms in total. The van der Waals surface area contributed by atoms with Crippen molar-refractivity contribution in [3.63, 3.8) is 0 Å². The van der Waals surface area contributed by atoms with E-state index >= 15 is 0 Å². The molecule has 0 radical (unpaired) electrons. The van der Waals surface area contributed by atoms with Gasteiger partial charge >= 0.3 is 0 Å². The van der Waals surface area contributed by atoms with Crippen LogP contribution in [0.1, 0.15) is 29.5 Å². The van der Waals surface area contributed by atoms with Crippen LogP contribution in [0.25, 0.3) is 0 Å². The van der Waals surface area contributed by atoms with E-state index in [0.29, 0.717) is 31.0 Å². The van der Waals surface area contributed by atoms with E-state index < -0.39 is 10.0 Å². The predicted molar refractivity (Wildman–Crippen MR) is 124 cm³/mol. The first-order valence-electron chi connectivity index (χ1n) is 10.2. The van der Waals surface area contributed by atoms with E-state index in [1.807, 2.05) is 32.9 Å². The van der Waals surface area contributed by atoms with Gasteiger partial charge in [-0.2, -0.15) is 0 Å². The van der Waals surface area contributed by atoms with Crippen molar-refractivity contribution in [2.75, 3.05) is 37.4 Å². The van der Waals surface area contributed by atoms with Gasteiger partial charge in [-0.05, 0) is 62.6 Å². The van der Waals surface area contributed by atoms with Gasteiger partial charge in [0.25, 0.3) is 0 Å². The summed E-state index contributed by atoms with van der Waals surface area (Å²) < 4.78 is 36.8. The standard InChI is InChI=1S/C23H32N2O5S/c1-17-15-18(2)23(19(3)16-17)25(31(5,27)28)13-6-7-22(26)24-12-14-30-21-10-8-20(29-4)9-11-21/h8-11,15-16H,6-7,12-14H2,1-5H3,(H,24,26). The molecule has 31 heavy (non-hydrogen) atoms. The summed E-state index contributed by atoms with van der Waals surface area (Å²) in [6.07, 6.45) is 1.85. The van der Waals surface area contributed by atoms with E-state index in [9.17, 15) is 13.2 Å². The second-order valence-corrected chi connectivity index (χ2v) is 9.47. The molecule has 0 aliphatic carbocycles. The number of amides is 1. The van der Waals surface area contributed by atoms with Crippen LogP contribution in [-0.2, 0) is 14.8 Å². The molecule has 2 aromatic carbocycles. The molecule has 0 bridgehead atoms. The number of rotatable bonds is 11. The maximum Gasteiger partial charge on any atom is 0.232 e. The Bertz CT molecular complexity index is 965. The predicted octanol–water partition coefficient (Wildman–Crippen LogP) is 3.36. The average Bonchev–Trinajstić information content (AvgIpc) is 2.69. The van der Waals surface area contributed by atoms with E-state index in [0.717, 1.165) is 22.4 Å². The number of nitrogens with zero attached hydrogens (tertiary/aromatic N) is 1. The number of sulfonamides is 1. The molecule has 0 fully saturated rings. The summed E-state index contributed by atoms with van der Waals surface area (Å²) in [5.41, 5.74) is 3.59. The van der Waals surface area contributed by atoms with Crippen molar-refractivity contribution in [3.8, 4) is 11.5 Å². The fraction of sp³-hybridized carbons (Fsp3) is 0.435. The highest BCUT2D eigenvalue weighted by Gasteiger charge is 2.21. The number of hydrogen-bond donors (Lipinski definition) is 1. The molecule has 2 rings (SSSR count). The molecular formula is C23H32N2O5S. The number of methoxy groups -OCH3 is 1. The molecule has 1 N–H and O–H groups in total. The second-order valence-electron chi connectivity index (χ2n) is 7.56. The lowest BCUT2D eigenvalue weighted by atomic mass is 10.0. The molecule has 0 saturated heterocycles. The normalized spacial score (nSPS) is 11.1. The number of anilines is 1. The summed E-state index contributed by atoms with van der Waals surface area (Å²) in [5.74, 6) is 1.31. The largest absolute Gasteiger partial charge is 0.497 e. The van der Waals surface area contributed by atoms with Gasteiger partial charge in [-0.15, -0.1) is 0 Å². The van der Waals surface area contributed by atoms with Crippen LogP contribution >= 0.6 is 0 Å². The van der Waals surface area contributed by atoms with Crippen LogP contribution in [-0.4, -0.2) is 47.4 Å². The van der Waals surface area contributed by atoms with Crippen molar-refractivity contribution in [1.82, 2.24) is 5.32 Å². The Balaban J connectivity index is 1.82. The molecule has 0 aromatic heterocycles. The van der Waals surface area contributed by atoms with Gasteiger partial charge in [0, 0.05) is 13.0 Å². The van der Waals surface area contributed by atoms with Gasteiger partial charge in [0.2, 0.25) is 15.9 Å². The number of benzene rings is 2. The van der Waals surface area contributed by atoms with E-state index in [1.54, 1.807) is 31.4 Å². The molecule has 0 unspecified atom stereocenters. The smallest absolute Gasteiger partial charge is 0.232 e. The highest BCUT2D eigenvalue weighted by molar-refractivity contribution is 7.92. The third-order valence-corrected chi connectivity index (χ3v) is 5.97. The minimum Gasteiger partial charge on any atom is -0.497 e. The van der Waals surface area contributed by atoms with Crippen molar-refractivity contribution in [2.24, 2.45) is 0 Å². The fourth-order valence-electron chi connectivity index (χ4n) is 3.51. The van der Waals surface area contributed by atoms with Crippen LogP contribution in [0.2, 0.25) is 0 Å². The van der Waals surface area contributed by atoms with Gasteiger partial charge < -0.3 is 14.8 Å². The van der Waals surface area contributed by atoms with Gasteiger partial charge in [-0.1, -0.05) is 17.7 Å². The minimum absolute atomic E-state index is 0.135. The maximum absolute atomic E-state index is 12.4. The van der Waals surface area contributed by atoms with Crippen molar-refractivity contribution in [2.45, 2.75) is 33.6 Å².